The summed E-state index contributed by atoms with van der Waals surface area (Å²) in [6.45, 7) is 9.59. The Morgan fingerprint density at radius 1 is 1.24 bits per heavy atom. The van der Waals surface area contributed by atoms with Crippen molar-refractivity contribution in [3.63, 3.8) is 0 Å². The van der Waals surface area contributed by atoms with Gasteiger partial charge in [-0.2, -0.15) is 5.10 Å². The molecule has 1 atom stereocenters. The van der Waals surface area contributed by atoms with Crippen LogP contribution in [0.25, 0.3) is 0 Å². The molecule has 114 valence electrons. The summed E-state index contributed by atoms with van der Waals surface area (Å²) in [7, 11) is 0. The maximum absolute atomic E-state index is 12.4. The van der Waals surface area contributed by atoms with Gasteiger partial charge in [0.25, 0.3) is 0 Å². The highest BCUT2D eigenvalue weighted by Crippen LogP contribution is 2.68. The highest BCUT2D eigenvalue weighted by Gasteiger charge is 2.68. The fourth-order valence-electron chi connectivity index (χ4n) is 3.58. The first-order valence-electron chi connectivity index (χ1n) is 7.72. The predicted molar refractivity (Wildman–Crippen MR) is 81.7 cm³/mol. The Bertz CT molecular complexity index is 530. The van der Waals surface area contributed by atoms with Crippen molar-refractivity contribution < 1.29 is 4.79 Å². The molecule has 1 aliphatic carbocycles. The molecule has 0 radical (unpaired) electrons. The topological polar surface area (TPSA) is 66.9 Å². The molecular formula is C16H24N4O. The molecule has 3 rings (SSSR count). The van der Waals surface area contributed by atoms with E-state index in [0.29, 0.717) is 11.9 Å². The lowest BCUT2D eigenvalue weighted by molar-refractivity contribution is -0.118. The summed E-state index contributed by atoms with van der Waals surface area (Å²) in [5.41, 5.74) is 1.04. The van der Waals surface area contributed by atoms with Crippen molar-refractivity contribution in [3.8, 4) is 0 Å². The highest BCUT2D eigenvalue weighted by molar-refractivity contribution is 5.95. The Kier molecular flexibility index (Phi) is 3.28. The number of carbonyl (C=O) groups excluding carboxylic acids is 1. The van der Waals surface area contributed by atoms with E-state index in [1.165, 1.54) is 6.42 Å². The fraction of sp³-hybridized carbons (Fsp3) is 0.688. The lowest BCUT2D eigenvalue weighted by Gasteiger charge is -2.09. The molecule has 5 heteroatoms. The molecule has 2 aliphatic rings. The summed E-state index contributed by atoms with van der Waals surface area (Å²) in [6, 6.07) is 4.11. The lowest BCUT2D eigenvalue weighted by atomic mass is 10.0. The Hall–Kier alpha value is -1.49. The normalized spacial score (nSPS) is 26.6. The summed E-state index contributed by atoms with van der Waals surface area (Å²) in [6.07, 6.45) is 2.28. The quantitative estimate of drug-likeness (QED) is 0.897. The molecule has 1 aliphatic heterocycles. The largest absolute Gasteiger partial charge is 0.309 e. The van der Waals surface area contributed by atoms with E-state index in [9.17, 15) is 4.79 Å². The number of rotatable bonds is 3. The van der Waals surface area contributed by atoms with Gasteiger partial charge in [-0.05, 0) is 42.3 Å². The number of nitrogens with one attached hydrogen (secondary N) is 2. The Morgan fingerprint density at radius 3 is 2.43 bits per heavy atom. The van der Waals surface area contributed by atoms with E-state index in [2.05, 4.69) is 48.5 Å². The van der Waals surface area contributed by atoms with Crippen LogP contribution in [-0.2, 0) is 4.79 Å². The fourth-order valence-corrected chi connectivity index (χ4v) is 3.58. The van der Waals surface area contributed by atoms with Crippen molar-refractivity contribution in [2.75, 3.05) is 11.9 Å². The smallest absolute Gasteiger partial charge is 0.229 e. The van der Waals surface area contributed by atoms with Crippen LogP contribution in [0.15, 0.2) is 12.1 Å². The van der Waals surface area contributed by atoms with Gasteiger partial charge in [-0.25, -0.2) is 0 Å². The maximum Gasteiger partial charge on any atom is 0.229 e. The number of hydrogen-bond donors (Lipinski definition) is 2. The Balaban J connectivity index is 1.65. The van der Waals surface area contributed by atoms with Gasteiger partial charge in [-0.1, -0.05) is 27.7 Å². The molecule has 2 heterocycles. The van der Waals surface area contributed by atoms with E-state index >= 15 is 0 Å². The second-order valence-electron chi connectivity index (χ2n) is 7.36. The molecule has 0 aromatic carbocycles. The van der Waals surface area contributed by atoms with E-state index in [1.807, 2.05) is 12.1 Å². The third-order valence-corrected chi connectivity index (χ3v) is 5.64. The second-order valence-corrected chi connectivity index (χ2v) is 7.36. The van der Waals surface area contributed by atoms with E-state index in [4.69, 9.17) is 0 Å². The van der Waals surface area contributed by atoms with Crippen molar-refractivity contribution in [2.45, 2.75) is 46.6 Å². The molecule has 1 aromatic rings. The van der Waals surface area contributed by atoms with Gasteiger partial charge in [0.1, 0.15) is 0 Å². The van der Waals surface area contributed by atoms with Crippen LogP contribution in [-0.4, -0.2) is 22.6 Å². The minimum Gasteiger partial charge on any atom is -0.309 e. The van der Waals surface area contributed by atoms with Gasteiger partial charge in [-0.15, -0.1) is 5.10 Å². The maximum atomic E-state index is 12.4. The van der Waals surface area contributed by atoms with Gasteiger partial charge in [0.2, 0.25) is 5.91 Å². The zero-order valence-corrected chi connectivity index (χ0v) is 13.2. The average Bonchev–Trinajstić information content (AvgIpc) is 2.80. The van der Waals surface area contributed by atoms with Crippen molar-refractivity contribution in [2.24, 2.45) is 16.7 Å². The number of nitrogens with zero attached hydrogens (tertiary/aromatic N) is 2. The van der Waals surface area contributed by atoms with Crippen LogP contribution in [0.3, 0.4) is 0 Å². The van der Waals surface area contributed by atoms with Crippen molar-refractivity contribution in [3.05, 3.63) is 17.8 Å². The summed E-state index contributed by atoms with van der Waals surface area (Å²) >= 11 is 0. The summed E-state index contributed by atoms with van der Waals surface area (Å²) in [5, 5.41) is 14.7. The summed E-state index contributed by atoms with van der Waals surface area (Å²) in [5.74, 6) is 0.620. The molecular weight excluding hydrogens is 264 g/mol. The van der Waals surface area contributed by atoms with E-state index in [0.717, 1.165) is 18.7 Å². The summed E-state index contributed by atoms with van der Waals surface area (Å²) in [4.78, 5) is 12.4. The van der Waals surface area contributed by atoms with Crippen LogP contribution >= 0.6 is 0 Å². The van der Waals surface area contributed by atoms with Crippen LogP contribution < -0.4 is 10.6 Å². The SMILES string of the molecule is CC1(C)C(C(=O)Nc2ccc(C3CCCN3)nn2)C1(C)C. The van der Waals surface area contributed by atoms with Gasteiger partial charge in [0, 0.05) is 5.92 Å². The first kappa shape index (κ1) is 14.4. The zero-order chi connectivity index (χ0) is 15.3. The first-order chi connectivity index (χ1) is 9.84. The predicted octanol–water partition coefficient (Wildman–Crippen LogP) is 2.52. The van der Waals surface area contributed by atoms with E-state index < -0.39 is 0 Å². The monoisotopic (exact) mass is 288 g/mol. The van der Waals surface area contributed by atoms with Crippen molar-refractivity contribution >= 4 is 11.7 Å². The van der Waals surface area contributed by atoms with Crippen LogP contribution in [0.5, 0.6) is 0 Å². The number of anilines is 1. The van der Waals surface area contributed by atoms with Gasteiger partial charge in [0.15, 0.2) is 5.82 Å². The van der Waals surface area contributed by atoms with Crippen molar-refractivity contribution in [1.29, 1.82) is 0 Å². The highest BCUT2D eigenvalue weighted by atomic mass is 16.2. The molecule has 0 spiro atoms. The Morgan fingerprint density at radius 2 is 1.95 bits per heavy atom. The number of amides is 1. The lowest BCUT2D eigenvalue weighted by Crippen LogP contribution is -2.19. The molecule has 5 nitrogen and oxygen atoms in total. The Labute approximate surface area is 125 Å². The zero-order valence-electron chi connectivity index (χ0n) is 13.2. The minimum absolute atomic E-state index is 0.0305. The van der Waals surface area contributed by atoms with Gasteiger partial charge < -0.3 is 10.6 Å². The van der Waals surface area contributed by atoms with Gasteiger partial charge in [-0.3, -0.25) is 4.79 Å². The molecule has 21 heavy (non-hydrogen) atoms. The third kappa shape index (κ3) is 2.33. The van der Waals surface area contributed by atoms with Crippen molar-refractivity contribution in [1.82, 2.24) is 15.5 Å². The molecule has 1 saturated carbocycles. The average molecular weight is 288 g/mol. The molecule has 0 bridgehead atoms. The van der Waals surface area contributed by atoms with E-state index in [1.54, 1.807) is 0 Å². The van der Waals surface area contributed by atoms with E-state index in [-0.39, 0.29) is 22.7 Å². The molecule has 2 N–H and O–H groups in total. The number of carbonyl (C=O) groups is 1. The third-order valence-electron chi connectivity index (χ3n) is 5.64. The summed E-state index contributed by atoms with van der Waals surface area (Å²) < 4.78 is 0. The molecule has 1 unspecified atom stereocenters. The first-order valence-corrected chi connectivity index (χ1v) is 7.72. The molecule has 1 saturated heterocycles. The second kappa shape index (κ2) is 4.77. The van der Waals surface area contributed by atoms with Gasteiger partial charge in [0.05, 0.1) is 11.7 Å². The van der Waals surface area contributed by atoms with Crippen LogP contribution in [0.1, 0.15) is 52.3 Å². The van der Waals surface area contributed by atoms with Gasteiger partial charge >= 0.3 is 0 Å². The van der Waals surface area contributed by atoms with Crippen LogP contribution in [0.4, 0.5) is 5.82 Å². The number of aromatic nitrogens is 2. The van der Waals surface area contributed by atoms with Crippen LogP contribution in [0, 0.1) is 16.7 Å². The standard InChI is InChI=1S/C16H24N4O/c1-15(2)13(16(15,3)4)14(21)18-12-8-7-11(19-20-12)10-6-5-9-17-10/h7-8,10,13,17H,5-6,9H2,1-4H3,(H,18,20,21). The minimum atomic E-state index is 0.0305. The molecule has 1 amide bonds. The van der Waals surface area contributed by atoms with Crippen LogP contribution in [0.2, 0.25) is 0 Å². The molecule has 2 fully saturated rings. The molecule has 1 aromatic heterocycles. The number of hydrogen-bond acceptors (Lipinski definition) is 4.